The zero-order valence-corrected chi connectivity index (χ0v) is 19.6. The van der Waals surface area contributed by atoms with Gasteiger partial charge in [0, 0.05) is 42.2 Å². The zero-order valence-electron chi connectivity index (χ0n) is 18.7. The highest BCUT2D eigenvalue weighted by Gasteiger charge is 2.51. The molecule has 1 unspecified atom stereocenters. The molecule has 2 aliphatic heterocycles. The fourth-order valence-electron chi connectivity index (χ4n) is 4.14. The van der Waals surface area contributed by atoms with Crippen LogP contribution in [0.1, 0.15) is 28.1 Å². The van der Waals surface area contributed by atoms with E-state index in [1.807, 2.05) is 66.2 Å². The summed E-state index contributed by atoms with van der Waals surface area (Å²) in [5.74, 6) is -1.30. The Kier molecular flexibility index (Phi) is 7.09. The van der Waals surface area contributed by atoms with Crippen LogP contribution in [0.2, 0.25) is 0 Å². The molecule has 2 saturated heterocycles. The Morgan fingerprint density at radius 1 is 1.26 bits per heavy atom. The number of nitrogens with zero attached hydrogens (tertiary/aromatic N) is 2. The number of aliphatic carboxylic acids is 1. The third-order valence-electron chi connectivity index (χ3n) is 5.91. The molecule has 1 aromatic carbocycles. The van der Waals surface area contributed by atoms with Gasteiger partial charge in [-0.2, -0.15) is 13.2 Å². The van der Waals surface area contributed by atoms with Gasteiger partial charge in [0.15, 0.2) is 5.76 Å². The minimum absolute atomic E-state index is 0.000321. The molecule has 0 bridgehead atoms. The molecule has 0 aliphatic carbocycles. The fourth-order valence-corrected chi connectivity index (χ4v) is 5.69. The van der Waals surface area contributed by atoms with E-state index in [0.717, 1.165) is 47.4 Å². The van der Waals surface area contributed by atoms with Crippen molar-refractivity contribution in [2.24, 2.45) is 0 Å². The van der Waals surface area contributed by atoms with Crippen LogP contribution in [0, 0.1) is 6.92 Å². The van der Waals surface area contributed by atoms with Crippen molar-refractivity contribution >= 4 is 34.6 Å². The molecule has 5 rings (SSSR count). The fraction of sp³-hybridized carbons (Fsp3) is 0.375. The van der Waals surface area contributed by atoms with Gasteiger partial charge in [-0.05, 0) is 31.0 Å². The monoisotopic (exact) mass is 508 g/mol. The highest BCUT2D eigenvalue weighted by Crippen LogP contribution is 2.46. The molecule has 3 aromatic rings. The molecule has 0 saturated carbocycles. The highest BCUT2D eigenvalue weighted by atomic mass is 32.2. The van der Waals surface area contributed by atoms with Crippen molar-refractivity contribution < 1.29 is 37.0 Å². The number of alkyl halides is 3. The molecule has 35 heavy (non-hydrogen) atoms. The van der Waals surface area contributed by atoms with E-state index in [9.17, 15) is 18.0 Å². The lowest BCUT2D eigenvalue weighted by Crippen LogP contribution is -2.60. The van der Waals surface area contributed by atoms with Crippen LogP contribution >= 0.6 is 11.8 Å². The van der Waals surface area contributed by atoms with Crippen LogP contribution in [0.15, 0.2) is 53.2 Å². The van der Waals surface area contributed by atoms with E-state index in [1.54, 1.807) is 6.20 Å². The van der Waals surface area contributed by atoms with Gasteiger partial charge in [0.25, 0.3) is 5.91 Å². The second kappa shape index (κ2) is 9.90. The number of halogens is 3. The first-order chi connectivity index (χ1) is 16.6. The first-order valence-electron chi connectivity index (χ1n) is 10.8. The topological polar surface area (TPSA) is 92.9 Å². The van der Waals surface area contributed by atoms with Crippen molar-refractivity contribution in [2.75, 3.05) is 18.8 Å². The van der Waals surface area contributed by atoms with Gasteiger partial charge in [-0.25, -0.2) is 4.79 Å². The number of furan rings is 1. The van der Waals surface area contributed by atoms with Crippen LogP contribution in [-0.2, 0) is 16.1 Å². The molecule has 1 N–H and O–H groups in total. The minimum atomic E-state index is -5.08. The normalized spacial score (nSPS) is 18.7. The lowest BCUT2D eigenvalue weighted by atomic mass is 9.92. The summed E-state index contributed by atoms with van der Waals surface area (Å²) >= 11 is 1.94. The summed E-state index contributed by atoms with van der Waals surface area (Å²) < 4.78 is 43.8. The van der Waals surface area contributed by atoms with Crippen LogP contribution in [0.5, 0.6) is 0 Å². The molecule has 1 atom stereocenters. The number of pyridine rings is 1. The number of aryl methyl sites for hydroxylation is 1. The average Bonchev–Trinajstić information content (AvgIpc) is 3.39. The van der Waals surface area contributed by atoms with Gasteiger partial charge in [-0.15, -0.1) is 11.8 Å². The maximum absolute atomic E-state index is 12.9. The number of hydrogen-bond donors (Lipinski definition) is 1. The van der Waals surface area contributed by atoms with Gasteiger partial charge in [-0.1, -0.05) is 24.3 Å². The van der Waals surface area contributed by atoms with Crippen molar-refractivity contribution in [2.45, 2.75) is 37.0 Å². The molecule has 4 heterocycles. The van der Waals surface area contributed by atoms with Gasteiger partial charge in [-0.3, -0.25) is 9.78 Å². The second-order valence-corrected chi connectivity index (χ2v) is 10.00. The van der Waals surface area contributed by atoms with Crippen molar-refractivity contribution in [3.05, 3.63) is 65.7 Å². The van der Waals surface area contributed by atoms with Gasteiger partial charge in [0.2, 0.25) is 0 Å². The van der Waals surface area contributed by atoms with E-state index in [-0.39, 0.29) is 16.8 Å². The molecular weight excluding hydrogens is 485 g/mol. The van der Waals surface area contributed by atoms with Crippen LogP contribution in [0.3, 0.4) is 0 Å². The Morgan fingerprint density at radius 3 is 2.60 bits per heavy atom. The van der Waals surface area contributed by atoms with E-state index in [4.69, 9.17) is 19.1 Å². The molecule has 2 aromatic heterocycles. The number of hydrogen-bond acceptors (Lipinski definition) is 6. The predicted molar refractivity (Wildman–Crippen MR) is 123 cm³/mol. The number of carboxylic acid groups (broad SMARTS) is 1. The SMILES string of the molecule is Cc1c(C(=O)N2CC3(CC(OCc4cccnc4)CS3)C2)oc2ccccc12.O=C(O)C(F)(F)F. The largest absolute Gasteiger partial charge is 0.490 e. The highest BCUT2D eigenvalue weighted by molar-refractivity contribution is 8.01. The number of aromatic nitrogens is 1. The number of ether oxygens (including phenoxy) is 1. The Labute approximate surface area is 203 Å². The number of carboxylic acids is 1. The van der Waals surface area contributed by atoms with E-state index in [1.165, 1.54) is 0 Å². The van der Waals surface area contributed by atoms with Crippen molar-refractivity contribution in [1.29, 1.82) is 0 Å². The van der Waals surface area contributed by atoms with E-state index in [0.29, 0.717) is 12.4 Å². The maximum Gasteiger partial charge on any atom is 0.490 e. The van der Waals surface area contributed by atoms with E-state index < -0.39 is 12.1 Å². The third-order valence-corrected chi connectivity index (χ3v) is 7.48. The molecule has 11 heteroatoms. The van der Waals surface area contributed by atoms with Crippen molar-refractivity contribution in [1.82, 2.24) is 9.88 Å². The van der Waals surface area contributed by atoms with Crippen LogP contribution in [0.25, 0.3) is 11.0 Å². The van der Waals surface area contributed by atoms with E-state index in [2.05, 4.69) is 4.98 Å². The Morgan fingerprint density at radius 2 is 1.97 bits per heavy atom. The lowest BCUT2D eigenvalue weighted by Gasteiger charge is -2.47. The van der Waals surface area contributed by atoms with Crippen molar-refractivity contribution in [3.8, 4) is 0 Å². The molecule has 1 spiro atoms. The first kappa shape index (κ1) is 25.1. The van der Waals surface area contributed by atoms with Gasteiger partial charge in [0.05, 0.1) is 17.5 Å². The lowest BCUT2D eigenvalue weighted by molar-refractivity contribution is -0.192. The molecular formula is C24H23F3N2O5S. The molecule has 0 radical (unpaired) electrons. The standard InChI is InChI=1S/C22H22N2O3S.C2HF3O2/c1-15-18-6-2-3-7-19(18)27-20(15)21(25)24-13-22(14-24)9-17(12-28-22)26-11-16-5-4-8-23-10-16;3-2(4,5)1(6)7/h2-8,10,17H,9,11-14H2,1H3;(H,6,7). The summed E-state index contributed by atoms with van der Waals surface area (Å²) in [7, 11) is 0. The van der Waals surface area contributed by atoms with Crippen LogP contribution in [0.4, 0.5) is 13.2 Å². The number of carbonyl (C=O) groups excluding carboxylic acids is 1. The average molecular weight is 509 g/mol. The Hall–Kier alpha value is -3.05. The maximum atomic E-state index is 12.9. The predicted octanol–water partition coefficient (Wildman–Crippen LogP) is 4.69. The molecule has 7 nitrogen and oxygen atoms in total. The van der Waals surface area contributed by atoms with Crippen LogP contribution in [-0.4, -0.2) is 62.7 Å². The molecule has 186 valence electrons. The number of benzene rings is 1. The van der Waals surface area contributed by atoms with Gasteiger partial charge < -0.3 is 19.2 Å². The summed E-state index contributed by atoms with van der Waals surface area (Å²) in [6.45, 7) is 4.08. The summed E-state index contributed by atoms with van der Waals surface area (Å²) in [5, 5.41) is 8.14. The number of rotatable bonds is 4. The van der Waals surface area contributed by atoms with Crippen LogP contribution < -0.4 is 0 Å². The molecule has 1 amide bonds. The van der Waals surface area contributed by atoms with Gasteiger partial charge in [0.1, 0.15) is 5.58 Å². The third kappa shape index (κ3) is 5.62. The number of fused-ring (bicyclic) bond motifs is 1. The first-order valence-corrected chi connectivity index (χ1v) is 11.8. The quantitative estimate of drug-likeness (QED) is 0.547. The summed E-state index contributed by atoms with van der Waals surface area (Å²) in [6.07, 6.45) is -0.249. The summed E-state index contributed by atoms with van der Waals surface area (Å²) in [5.41, 5.74) is 2.80. The Balaban J connectivity index is 0.000000364. The molecule has 2 fully saturated rings. The van der Waals surface area contributed by atoms with Gasteiger partial charge >= 0.3 is 12.1 Å². The zero-order chi connectivity index (χ0) is 25.2. The van der Waals surface area contributed by atoms with E-state index >= 15 is 0 Å². The Bertz CT molecular complexity index is 1210. The van der Waals surface area contributed by atoms with Crippen molar-refractivity contribution in [3.63, 3.8) is 0 Å². The minimum Gasteiger partial charge on any atom is -0.475 e. The second-order valence-electron chi connectivity index (χ2n) is 8.51. The number of thioether (sulfide) groups is 1. The number of carbonyl (C=O) groups is 2. The summed E-state index contributed by atoms with van der Waals surface area (Å²) in [4.78, 5) is 27.9. The number of likely N-dealkylation sites (tertiary alicyclic amines) is 1. The summed E-state index contributed by atoms with van der Waals surface area (Å²) in [6, 6.07) is 11.8. The number of para-hydroxylation sites is 1. The smallest absolute Gasteiger partial charge is 0.475 e. The number of amides is 1. The molecule has 2 aliphatic rings.